The molecular weight excluding hydrogens is 160 g/mol. The summed E-state index contributed by atoms with van der Waals surface area (Å²) in [6.45, 7) is 0. The van der Waals surface area contributed by atoms with Crippen LogP contribution in [0.1, 0.15) is 5.82 Å². The van der Waals surface area contributed by atoms with Gasteiger partial charge in [-0.05, 0) is 10.4 Å². The van der Waals surface area contributed by atoms with Crippen molar-refractivity contribution in [3.63, 3.8) is 0 Å². The van der Waals surface area contributed by atoms with E-state index in [9.17, 15) is 0 Å². The highest BCUT2D eigenvalue weighted by molar-refractivity contribution is 4.99. The monoisotopic (exact) mass is 164 g/mol. The first-order valence-corrected chi connectivity index (χ1v) is 3.07. The van der Waals surface area contributed by atoms with Crippen LogP contribution in [0.3, 0.4) is 0 Å². The Hall–Kier alpha value is -1.83. The molecule has 0 atom stereocenters. The van der Waals surface area contributed by atoms with Crippen LogP contribution in [0, 0.1) is 0 Å². The fourth-order valence-corrected chi connectivity index (χ4v) is 0.715. The van der Waals surface area contributed by atoms with E-state index in [0.717, 1.165) is 0 Å². The summed E-state index contributed by atoms with van der Waals surface area (Å²) in [5.74, 6) is -1.13. The number of nitrogens with zero attached hydrogens (tertiary/aromatic N) is 7. The molecule has 0 fully saturated rings. The second-order valence-corrected chi connectivity index (χ2v) is 2.07. The minimum atomic E-state index is -1.36. The summed E-state index contributed by atoms with van der Waals surface area (Å²) in [6.07, 6.45) is 2.61. The summed E-state index contributed by atoms with van der Waals surface area (Å²) >= 11 is 0. The van der Waals surface area contributed by atoms with Crippen molar-refractivity contribution in [3.8, 4) is 0 Å². The lowest BCUT2D eigenvalue weighted by Gasteiger charge is -2.09. The van der Waals surface area contributed by atoms with E-state index < -0.39 is 5.79 Å². The highest BCUT2D eigenvalue weighted by atomic mass is 15.6. The first kappa shape index (κ1) is 6.85. The summed E-state index contributed by atoms with van der Waals surface area (Å²) in [5, 5.41) is 13.7. The molecule has 0 saturated heterocycles. The second kappa shape index (κ2) is 2.34. The van der Waals surface area contributed by atoms with Crippen LogP contribution >= 0.6 is 0 Å². The van der Waals surface area contributed by atoms with Gasteiger partial charge in [0.1, 0.15) is 12.7 Å². The zero-order chi connectivity index (χ0) is 8.44. The predicted molar refractivity (Wildman–Crippen MR) is 35.4 cm³/mol. The average Bonchev–Trinajstić information content (AvgIpc) is 2.55. The van der Waals surface area contributed by atoms with Crippen molar-refractivity contribution in [1.82, 2.24) is 15.0 Å². The first-order chi connectivity index (χ1) is 5.81. The minimum absolute atomic E-state index is 0.225. The molecule has 1 aliphatic rings. The third kappa shape index (κ3) is 0.937. The smallest absolute Gasteiger partial charge is 0.279 e. The molecule has 0 bridgehead atoms. The number of hydrogen-bond acceptors (Lipinski definition) is 8. The summed E-state index contributed by atoms with van der Waals surface area (Å²) in [4.78, 5) is 11.2. The second-order valence-electron chi connectivity index (χ2n) is 2.07. The molecule has 0 unspecified atom stereocenters. The van der Waals surface area contributed by atoms with Gasteiger partial charge >= 0.3 is 5.79 Å². The number of hydrogen-bond donors (Lipinski definition) is 1. The zero-order valence-corrected chi connectivity index (χ0v) is 5.86. The van der Waals surface area contributed by atoms with Gasteiger partial charge in [0, 0.05) is 0 Å². The molecule has 0 spiro atoms. The summed E-state index contributed by atoms with van der Waals surface area (Å²) < 4.78 is 0. The van der Waals surface area contributed by atoms with E-state index in [1.807, 2.05) is 0 Å². The lowest BCUT2D eigenvalue weighted by atomic mass is 10.4. The molecule has 2 N–H and O–H groups in total. The van der Waals surface area contributed by atoms with Gasteiger partial charge in [0.05, 0.1) is 0 Å². The predicted octanol–water partition coefficient (Wildman–Crippen LogP) is -0.226. The zero-order valence-electron chi connectivity index (χ0n) is 5.86. The summed E-state index contributed by atoms with van der Waals surface area (Å²) in [5.41, 5.74) is 5.61. The lowest BCUT2D eigenvalue weighted by molar-refractivity contribution is 0.451. The van der Waals surface area contributed by atoms with E-state index in [1.165, 1.54) is 12.7 Å². The summed E-state index contributed by atoms with van der Waals surface area (Å²) in [7, 11) is 0. The van der Waals surface area contributed by atoms with E-state index >= 15 is 0 Å². The Morgan fingerprint density at radius 1 is 1.08 bits per heavy atom. The van der Waals surface area contributed by atoms with Crippen molar-refractivity contribution in [1.29, 1.82) is 0 Å². The fourth-order valence-electron chi connectivity index (χ4n) is 0.715. The van der Waals surface area contributed by atoms with Gasteiger partial charge in [-0.2, -0.15) is 0 Å². The van der Waals surface area contributed by atoms with Gasteiger partial charge in [-0.1, -0.05) is 0 Å². The number of nitrogens with two attached hydrogens (primary N) is 1. The molecule has 1 aromatic heterocycles. The molecular formula is C4H4N8. The Bertz CT molecular complexity index is 316. The average molecular weight is 164 g/mol. The van der Waals surface area contributed by atoms with E-state index in [4.69, 9.17) is 5.73 Å². The molecule has 2 rings (SSSR count). The topological polar surface area (TPSA) is 114 Å². The van der Waals surface area contributed by atoms with Crippen molar-refractivity contribution in [2.24, 2.45) is 26.4 Å². The standard InChI is InChI=1S/C4H4N8/c5-4(9-11-12-10-4)3-7-1-6-2-8-3/h1-2H,5H2. The minimum Gasteiger partial charge on any atom is -0.279 e. The van der Waals surface area contributed by atoms with Crippen LogP contribution < -0.4 is 5.73 Å². The maximum absolute atomic E-state index is 5.61. The Kier molecular flexibility index (Phi) is 1.34. The third-order valence-corrected chi connectivity index (χ3v) is 1.26. The molecule has 1 aromatic rings. The van der Waals surface area contributed by atoms with Gasteiger partial charge in [-0.15, -0.1) is 10.2 Å². The van der Waals surface area contributed by atoms with E-state index in [2.05, 4.69) is 35.6 Å². The first-order valence-electron chi connectivity index (χ1n) is 3.07. The normalized spacial score (nSPS) is 18.4. The van der Waals surface area contributed by atoms with Gasteiger partial charge in [0.15, 0.2) is 0 Å². The quantitative estimate of drug-likeness (QED) is 0.617. The van der Waals surface area contributed by atoms with Gasteiger partial charge in [-0.25, -0.2) is 15.0 Å². The maximum atomic E-state index is 5.61. The number of rotatable bonds is 1. The van der Waals surface area contributed by atoms with Crippen molar-refractivity contribution < 1.29 is 0 Å². The Labute approximate surface area is 66.7 Å². The highest BCUT2D eigenvalue weighted by Crippen LogP contribution is 2.21. The largest absolute Gasteiger partial charge is 0.304 e. The van der Waals surface area contributed by atoms with Crippen LogP contribution in [-0.4, -0.2) is 15.0 Å². The van der Waals surface area contributed by atoms with Crippen LogP contribution in [0.25, 0.3) is 0 Å². The molecule has 60 valence electrons. The molecule has 1 aliphatic heterocycles. The molecule has 0 amide bonds. The lowest BCUT2D eigenvalue weighted by Crippen LogP contribution is -2.32. The van der Waals surface area contributed by atoms with Crippen molar-refractivity contribution in [3.05, 3.63) is 18.5 Å². The molecule has 0 aliphatic carbocycles. The molecule has 12 heavy (non-hydrogen) atoms. The summed E-state index contributed by atoms with van der Waals surface area (Å²) in [6, 6.07) is 0. The van der Waals surface area contributed by atoms with Crippen LogP contribution in [0.5, 0.6) is 0 Å². The molecule has 0 saturated carbocycles. The van der Waals surface area contributed by atoms with Crippen LogP contribution in [0.15, 0.2) is 33.3 Å². The molecule has 0 radical (unpaired) electrons. The van der Waals surface area contributed by atoms with Gasteiger partial charge < -0.3 is 0 Å². The molecule has 2 heterocycles. The van der Waals surface area contributed by atoms with Crippen molar-refractivity contribution >= 4 is 0 Å². The number of aromatic nitrogens is 3. The Balaban J connectivity index is 2.43. The van der Waals surface area contributed by atoms with Gasteiger partial charge in [0.25, 0.3) is 0 Å². The molecule has 8 nitrogen and oxygen atoms in total. The van der Waals surface area contributed by atoms with E-state index in [-0.39, 0.29) is 5.82 Å². The molecule has 0 aromatic carbocycles. The van der Waals surface area contributed by atoms with E-state index in [1.54, 1.807) is 0 Å². The van der Waals surface area contributed by atoms with Crippen molar-refractivity contribution in [2.75, 3.05) is 0 Å². The van der Waals surface area contributed by atoms with Crippen molar-refractivity contribution in [2.45, 2.75) is 5.79 Å². The fraction of sp³-hybridized carbons (Fsp3) is 0.250. The molecule has 8 heteroatoms. The third-order valence-electron chi connectivity index (χ3n) is 1.26. The highest BCUT2D eigenvalue weighted by Gasteiger charge is 2.33. The Morgan fingerprint density at radius 3 is 2.25 bits per heavy atom. The SMILES string of the molecule is NC1(c2ncncn2)N=NN=N1. The van der Waals surface area contributed by atoms with Gasteiger partial charge in [-0.3, -0.25) is 5.73 Å². The maximum Gasteiger partial charge on any atom is 0.304 e. The van der Waals surface area contributed by atoms with Crippen LogP contribution in [0.2, 0.25) is 0 Å². The van der Waals surface area contributed by atoms with E-state index in [0.29, 0.717) is 0 Å². The van der Waals surface area contributed by atoms with Crippen LogP contribution in [-0.2, 0) is 5.79 Å². The van der Waals surface area contributed by atoms with Gasteiger partial charge in [0.2, 0.25) is 5.82 Å². The van der Waals surface area contributed by atoms with Crippen LogP contribution in [0.4, 0.5) is 0 Å². The Morgan fingerprint density at radius 2 is 1.67 bits per heavy atom.